The van der Waals surface area contributed by atoms with Crippen molar-refractivity contribution < 1.29 is 14.3 Å². The van der Waals surface area contributed by atoms with Crippen molar-refractivity contribution in [2.45, 2.75) is 52.0 Å². The molecule has 4 heteroatoms. The highest BCUT2D eigenvalue weighted by Crippen LogP contribution is 2.18. The summed E-state index contributed by atoms with van der Waals surface area (Å²) in [5.74, 6) is -1.93. The van der Waals surface area contributed by atoms with Crippen molar-refractivity contribution in [3.63, 3.8) is 0 Å². The van der Waals surface area contributed by atoms with Crippen LogP contribution in [0.15, 0.2) is 18.2 Å². The van der Waals surface area contributed by atoms with E-state index in [-0.39, 0.29) is 5.56 Å². The number of unbranched alkanes of at least 4 members (excludes halogenated alkanes) is 1. The van der Waals surface area contributed by atoms with Gasteiger partial charge < -0.3 is 10.4 Å². The Morgan fingerprint density at radius 1 is 1.32 bits per heavy atom. The molecule has 3 nitrogen and oxygen atoms in total. The maximum atomic E-state index is 13.6. The average molecular weight is 267 g/mol. The fraction of sp³-hybridized carbons (Fsp3) is 0.533. The first-order valence-electron chi connectivity index (χ1n) is 6.87. The Hall–Kier alpha value is -1.58. The Bertz CT molecular complexity index is 421. The number of carboxylic acids is 1. The van der Waals surface area contributed by atoms with Crippen LogP contribution >= 0.6 is 0 Å². The van der Waals surface area contributed by atoms with Crippen LogP contribution in [-0.2, 0) is 0 Å². The lowest BCUT2D eigenvalue weighted by atomic mass is 10.0. The zero-order valence-corrected chi connectivity index (χ0v) is 11.6. The van der Waals surface area contributed by atoms with Gasteiger partial charge in [-0.2, -0.15) is 0 Å². The molecule has 19 heavy (non-hydrogen) atoms. The summed E-state index contributed by atoms with van der Waals surface area (Å²) in [7, 11) is 0. The molecular formula is C15H22FNO2. The number of carbonyl (C=O) groups is 1. The number of benzene rings is 1. The highest BCUT2D eigenvalue weighted by molar-refractivity contribution is 5.88. The highest BCUT2D eigenvalue weighted by atomic mass is 19.1. The highest BCUT2D eigenvalue weighted by Gasteiger charge is 2.12. The Morgan fingerprint density at radius 3 is 2.58 bits per heavy atom. The molecule has 0 saturated heterocycles. The molecule has 0 aromatic heterocycles. The summed E-state index contributed by atoms with van der Waals surface area (Å²) in [4.78, 5) is 10.7. The summed E-state index contributed by atoms with van der Waals surface area (Å²) in [5, 5.41) is 12.1. The zero-order valence-electron chi connectivity index (χ0n) is 11.6. The van der Waals surface area contributed by atoms with Gasteiger partial charge in [0.15, 0.2) is 0 Å². The number of hydrogen-bond acceptors (Lipinski definition) is 2. The summed E-state index contributed by atoms with van der Waals surface area (Å²) in [5.41, 5.74) is 0.364. The Labute approximate surface area is 113 Å². The predicted molar refractivity (Wildman–Crippen MR) is 75.2 cm³/mol. The number of rotatable bonds is 8. The first-order chi connectivity index (χ1) is 9.08. The van der Waals surface area contributed by atoms with Crippen molar-refractivity contribution in [1.82, 2.24) is 0 Å². The van der Waals surface area contributed by atoms with E-state index in [1.807, 2.05) is 0 Å². The molecule has 0 aliphatic heterocycles. The van der Waals surface area contributed by atoms with E-state index in [9.17, 15) is 9.18 Å². The maximum Gasteiger partial charge on any atom is 0.338 e. The van der Waals surface area contributed by atoms with Crippen LogP contribution in [0.4, 0.5) is 10.1 Å². The fourth-order valence-corrected chi connectivity index (χ4v) is 2.10. The second-order valence-electron chi connectivity index (χ2n) is 4.77. The molecule has 1 rings (SSSR count). The van der Waals surface area contributed by atoms with Crippen molar-refractivity contribution >= 4 is 11.7 Å². The molecule has 0 spiro atoms. The molecule has 0 heterocycles. The molecule has 2 N–H and O–H groups in total. The van der Waals surface area contributed by atoms with Crippen LogP contribution in [0.3, 0.4) is 0 Å². The molecule has 0 radical (unpaired) electrons. The first kappa shape index (κ1) is 15.5. The molecule has 1 aromatic carbocycles. The molecule has 0 bridgehead atoms. The number of hydrogen-bond donors (Lipinski definition) is 2. The standard InChI is InChI=1S/C15H22FNO2/c1-3-5-7-11(6-4-2)17-12-8-9-13(15(18)19)14(16)10-12/h8-11,17H,3-7H2,1-2H3,(H,18,19). The molecule has 0 saturated carbocycles. The molecular weight excluding hydrogens is 245 g/mol. The van der Waals surface area contributed by atoms with Gasteiger partial charge in [0, 0.05) is 11.7 Å². The van der Waals surface area contributed by atoms with E-state index >= 15 is 0 Å². The lowest BCUT2D eigenvalue weighted by Gasteiger charge is -2.19. The minimum absolute atomic E-state index is 0.286. The minimum Gasteiger partial charge on any atom is -0.478 e. The Kier molecular flexibility index (Phi) is 6.33. The normalized spacial score (nSPS) is 12.2. The Balaban J connectivity index is 2.73. The SMILES string of the molecule is CCCCC(CCC)Nc1ccc(C(=O)O)c(F)c1. The molecule has 0 aliphatic rings. The lowest BCUT2D eigenvalue weighted by molar-refractivity contribution is 0.0692. The summed E-state index contributed by atoms with van der Waals surface area (Å²) < 4.78 is 13.6. The van der Waals surface area contributed by atoms with Crippen molar-refractivity contribution in [2.75, 3.05) is 5.32 Å². The lowest BCUT2D eigenvalue weighted by Crippen LogP contribution is -2.19. The topological polar surface area (TPSA) is 49.3 Å². The summed E-state index contributed by atoms with van der Waals surface area (Å²) in [6, 6.07) is 4.52. The van der Waals surface area contributed by atoms with Gasteiger partial charge in [0.25, 0.3) is 0 Å². The number of nitrogens with one attached hydrogen (secondary N) is 1. The number of aromatic carboxylic acids is 1. The number of halogens is 1. The van der Waals surface area contributed by atoms with Gasteiger partial charge in [0.2, 0.25) is 0 Å². The molecule has 0 aliphatic carbocycles. The van der Waals surface area contributed by atoms with E-state index in [0.717, 1.165) is 32.1 Å². The summed E-state index contributed by atoms with van der Waals surface area (Å²) in [6.45, 7) is 4.26. The molecule has 1 unspecified atom stereocenters. The van der Waals surface area contributed by atoms with Crippen LogP contribution < -0.4 is 5.32 Å². The second kappa shape index (κ2) is 7.77. The van der Waals surface area contributed by atoms with Crippen LogP contribution in [0, 0.1) is 5.82 Å². The van der Waals surface area contributed by atoms with Crippen LogP contribution in [0.1, 0.15) is 56.3 Å². The quantitative estimate of drug-likeness (QED) is 0.738. The third-order valence-electron chi connectivity index (χ3n) is 3.11. The zero-order chi connectivity index (χ0) is 14.3. The molecule has 1 atom stereocenters. The second-order valence-corrected chi connectivity index (χ2v) is 4.77. The van der Waals surface area contributed by atoms with Crippen LogP contribution in [0.2, 0.25) is 0 Å². The summed E-state index contributed by atoms with van der Waals surface area (Å²) >= 11 is 0. The van der Waals surface area contributed by atoms with Crippen molar-refractivity contribution in [2.24, 2.45) is 0 Å². The van der Waals surface area contributed by atoms with E-state index in [1.54, 1.807) is 6.07 Å². The molecule has 0 fully saturated rings. The largest absolute Gasteiger partial charge is 0.478 e. The predicted octanol–water partition coefficient (Wildman–Crippen LogP) is 4.29. The Morgan fingerprint density at radius 2 is 2.05 bits per heavy atom. The third-order valence-corrected chi connectivity index (χ3v) is 3.11. The van der Waals surface area contributed by atoms with Gasteiger partial charge in [0.1, 0.15) is 5.82 Å². The molecule has 1 aromatic rings. The van der Waals surface area contributed by atoms with Gasteiger partial charge >= 0.3 is 5.97 Å². The van der Waals surface area contributed by atoms with Gasteiger partial charge in [-0.05, 0) is 31.0 Å². The van der Waals surface area contributed by atoms with Gasteiger partial charge in [-0.1, -0.05) is 33.1 Å². The number of anilines is 1. The van der Waals surface area contributed by atoms with E-state index in [1.165, 1.54) is 12.1 Å². The van der Waals surface area contributed by atoms with Crippen molar-refractivity contribution in [1.29, 1.82) is 0 Å². The van der Waals surface area contributed by atoms with Crippen LogP contribution in [0.25, 0.3) is 0 Å². The van der Waals surface area contributed by atoms with E-state index in [0.29, 0.717) is 11.7 Å². The molecule has 106 valence electrons. The third kappa shape index (κ3) is 4.89. The smallest absolute Gasteiger partial charge is 0.338 e. The van der Waals surface area contributed by atoms with Crippen molar-refractivity contribution in [3.8, 4) is 0 Å². The van der Waals surface area contributed by atoms with Crippen molar-refractivity contribution in [3.05, 3.63) is 29.6 Å². The van der Waals surface area contributed by atoms with Gasteiger partial charge in [0.05, 0.1) is 5.56 Å². The minimum atomic E-state index is -1.24. The monoisotopic (exact) mass is 267 g/mol. The van der Waals surface area contributed by atoms with Crippen LogP contribution in [0.5, 0.6) is 0 Å². The van der Waals surface area contributed by atoms with E-state index in [4.69, 9.17) is 5.11 Å². The van der Waals surface area contributed by atoms with Crippen LogP contribution in [-0.4, -0.2) is 17.1 Å². The van der Waals surface area contributed by atoms with Gasteiger partial charge in [-0.25, -0.2) is 9.18 Å². The molecule has 0 amide bonds. The fourth-order valence-electron chi connectivity index (χ4n) is 2.10. The average Bonchev–Trinajstić information content (AvgIpc) is 2.36. The number of carboxylic acid groups (broad SMARTS) is 1. The van der Waals surface area contributed by atoms with E-state index < -0.39 is 11.8 Å². The van der Waals surface area contributed by atoms with E-state index in [2.05, 4.69) is 19.2 Å². The van der Waals surface area contributed by atoms with Gasteiger partial charge in [-0.15, -0.1) is 0 Å². The maximum absolute atomic E-state index is 13.6. The van der Waals surface area contributed by atoms with Gasteiger partial charge in [-0.3, -0.25) is 0 Å². The summed E-state index contributed by atoms with van der Waals surface area (Å²) in [6.07, 6.45) is 5.41. The first-order valence-corrected chi connectivity index (χ1v) is 6.87.